The number of halogens is 1. The van der Waals surface area contributed by atoms with Gasteiger partial charge in [0, 0.05) is 12.6 Å². The molecular formula is C15H13FN2O. The molecule has 0 bridgehead atoms. The smallest absolute Gasteiger partial charge is 0.248 e. The molecule has 1 aliphatic rings. The number of rotatable bonds is 0. The van der Waals surface area contributed by atoms with Crippen LogP contribution in [0.5, 0.6) is 0 Å². The fourth-order valence-electron chi connectivity index (χ4n) is 2.49. The molecule has 2 aromatic rings. The van der Waals surface area contributed by atoms with E-state index >= 15 is 0 Å². The summed E-state index contributed by atoms with van der Waals surface area (Å²) in [7, 11) is 1.66. The third kappa shape index (κ3) is 1.72. The molecule has 1 amide bonds. The fourth-order valence-corrected chi connectivity index (χ4v) is 2.49. The Hall–Kier alpha value is -2.20. The van der Waals surface area contributed by atoms with Crippen LogP contribution in [-0.2, 0) is 4.79 Å². The summed E-state index contributed by atoms with van der Waals surface area (Å²) in [5.74, 6) is -0.525. The summed E-state index contributed by atoms with van der Waals surface area (Å²) >= 11 is 0. The summed E-state index contributed by atoms with van der Waals surface area (Å²) < 4.78 is 13.5. The van der Waals surface area contributed by atoms with E-state index in [0.29, 0.717) is 11.3 Å². The number of amides is 1. The van der Waals surface area contributed by atoms with E-state index in [4.69, 9.17) is 5.73 Å². The van der Waals surface area contributed by atoms with Crippen molar-refractivity contribution in [2.75, 3.05) is 11.9 Å². The van der Waals surface area contributed by atoms with Crippen molar-refractivity contribution in [3.8, 4) is 11.1 Å². The topological polar surface area (TPSA) is 46.3 Å². The number of nitrogens with two attached hydrogens (primary N) is 1. The highest BCUT2D eigenvalue weighted by Gasteiger charge is 2.29. The quantitative estimate of drug-likeness (QED) is 0.787. The van der Waals surface area contributed by atoms with Crippen molar-refractivity contribution in [2.24, 2.45) is 5.73 Å². The van der Waals surface area contributed by atoms with E-state index in [9.17, 15) is 9.18 Å². The first-order valence-corrected chi connectivity index (χ1v) is 6.01. The first-order chi connectivity index (χ1) is 9.09. The van der Waals surface area contributed by atoms with Gasteiger partial charge in [-0.3, -0.25) is 4.79 Å². The highest BCUT2D eigenvalue weighted by molar-refractivity contribution is 6.04. The average molecular weight is 256 g/mol. The van der Waals surface area contributed by atoms with Crippen LogP contribution in [0.25, 0.3) is 11.1 Å². The Balaban J connectivity index is 2.37. The molecule has 3 nitrogen and oxygen atoms in total. The molecule has 2 N–H and O–H groups in total. The molecule has 1 atom stereocenters. The van der Waals surface area contributed by atoms with Gasteiger partial charge < -0.3 is 10.6 Å². The molecule has 0 saturated heterocycles. The number of anilines is 1. The van der Waals surface area contributed by atoms with E-state index in [1.54, 1.807) is 13.1 Å². The van der Waals surface area contributed by atoms with Gasteiger partial charge in [-0.15, -0.1) is 0 Å². The number of likely N-dealkylation sites (N-methyl/N-ethyl adjacent to an activating group) is 1. The Morgan fingerprint density at radius 2 is 1.89 bits per heavy atom. The van der Waals surface area contributed by atoms with E-state index in [0.717, 1.165) is 11.1 Å². The van der Waals surface area contributed by atoms with E-state index in [2.05, 4.69) is 0 Å². The molecule has 2 aromatic carbocycles. The molecule has 0 unspecified atom stereocenters. The van der Waals surface area contributed by atoms with Gasteiger partial charge in [-0.25, -0.2) is 4.39 Å². The maximum Gasteiger partial charge on any atom is 0.248 e. The average Bonchev–Trinajstić information content (AvgIpc) is 2.51. The SMILES string of the molecule is CN1C(=O)[C@@H](N)c2ccccc2-c2cc(F)ccc21. The zero-order valence-corrected chi connectivity index (χ0v) is 10.4. The first kappa shape index (κ1) is 11.9. The standard InChI is InChI=1S/C15H13FN2O/c1-18-13-7-6-9(16)8-12(13)10-4-2-3-5-11(10)14(17)15(18)19/h2-8,14H,17H2,1H3/t14-/m0/s1. The summed E-state index contributed by atoms with van der Waals surface area (Å²) in [5, 5.41) is 0. The highest BCUT2D eigenvalue weighted by Crippen LogP contribution is 2.39. The van der Waals surface area contributed by atoms with Crippen LogP contribution < -0.4 is 10.6 Å². The summed E-state index contributed by atoms with van der Waals surface area (Å²) in [6.07, 6.45) is 0. The lowest BCUT2D eigenvalue weighted by Crippen LogP contribution is -2.34. The molecule has 3 rings (SSSR count). The lowest BCUT2D eigenvalue weighted by molar-refractivity contribution is -0.119. The largest absolute Gasteiger partial charge is 0.316 e. The van der Waals surface area contributed by atoms with Gasteiger partial charge in [0.15, 0.2) is 0 Å². The Bertz CT molecular complexity index is 669. The monoisotopic (exact) mass is 256 g/mol. The van der Waals surface area contributed by atoms with Gasteiger partial charge in [0.25, 0.3) is 0 Å². The van der Waals surface area contributed by atoms with Crippen molar-refractivity contribution >= 4 is 11.6 Å². The Labute approximate surface area is 110 Å². The molecule has 0 aliphatic carbocycles. The summed E-state index contributed by atoms with van der Waals surface area (Å²) in [4.78, 5) is 13.7. The van der Waals surface area contributed by atoms with E-state index < -0.39 is 6.04 Å². The molecule has 96 valence electrons. The zero-order chi connectivity index (χ0) is 13.6. The molecule has 0 radical (unpaired) electrons. The second-order valence-corrected chi connectivity index (χ2v) is 4.62. The van der Waals surface area contributed by atoms with Crippen molar-refractivity contribution in [2.45, 2.75) is 6.04 Å². The molecule has 0 aromatic heterocycles. The number of nitrogens with zero attached hydrogens (tertiary/aromatic N) is 1. The number of hydrogen-bond donors (Lipinski definition) is 1. The number of hydrogen-bond acceptors (Lipinski definition) is 2. The van der Waals surface area contributed by atoms with Crippen LogP contribution in [0.1, 0.15) is 11.6 Å². The van der Waals surface area contributed by atoms with Crippen LogP contribution in [0.3, 0.4) is 0 Å². The van der Waals surface area contributed by atoms with Gasteiger partial charge in [0.05, 0.1) is 5.69 Å². The van der Waals surface area contributed by atoms with Crippen LogP contribution in [0.4, 0.5) is 10.1 Å². The van der Waals surface area contributed by atoms with Crippen molar-refractivity contribution in [1.29, 1.82) is 0 Å². The number of benzene rings is 2. The van der Waals surface area contributed by atoms with Crippen LogP contribution >= 0.6 is 0 Å². The van der Waals surface area contributed by atoms with E-state index in [1.165, 1.54) is 17.0 Å². The third-order valence-electron chi connectivity index (χ3n) is 3.50. The first-order valence-electron chi connectivity index (χ1n) is 6.01. The Kier molecular flexibility index (Phi) is 2.61. The predicted octanol–water partition coefficient (Wildman–Crippen LogP) is 2.47. The minimum atomic E-state index is -0.725. The van der Waals surface area contributed by atoms with Gasteiger partial charge in [0.2, 0.25) is 5.91 Å². The molecule has 4 heteroatoms. The van der Waals surface area contributed by atoms with Crippen molar-refractivity contribution in [1.82, 2.24) is 0 Å². The Morgan fingerprint density at radius 1 is 1.16 bits per heavy atom. The fraction of sp³-hybridized carbons (Fsp3) is 0.133. The van der Waals surface area contributed by atoms with E-state index in [1.807, 2.05) is 24.3 Å². The van der Waals surface area contributed by atoms with Gasteiger partial charge in [-0.1, -0.05) is 24.3 Å². The van der Waals surface area contributed by atoms with Crippen LogP contribution in [0.2, 0.25) is 0 Å². The van der Waals surface area contributed by atoms with Crippen molar-refractivity contribution in [3.05, 3.63) is 53.8 Å². The zero-order valence-electron chi connectivity index (χ0n) is 10.4. The summed E-state index contributed by atoms with van der Waals surface area (Å²) in [6, 6.07) is 11.0. The maximum absolute atomic E-state index is 13.5. The predicted molar refractivity (Wildman–Crippen MR) is 72.2 cm³/mol. The van der Waals surface area contributed by atoms with Gasteiger partial charge in [-0.2, -0.15) is 0 Å². The third-order valence-corrected chi connectivity index (χ3v) is 3.50. The van der Waals surface area contributed by atoms with Crippen LogP contribution in [0.15, 0.2) is 42.5 Å². The van der Waals surface area contributed by atoms with Crippen molar-refractivity contribution < 1.29 is 9.18 Å². The second kappa shape index (κ2) is 4.17. The van der Waals surface area contributed by atoms with E-state index in [-0.39, 0.29) is 11.7 Å². The summed E-state index contributed by atoms with van der Waals surface area (Å²) in [6.45, 7) is 0. The van der Waals surface area contributed by atoms with Gasteiger partial charge in [0.1, 0.15) is 11.9 Å². The minimum absolute atomic E-state index is 0.196. The summed E-state index contributed by atoms with van der Waals surface area (Å²) in [5.41, 5.74) is 8.91. The molecule has 1 aliphatic heterocycles. The highest BCUT2D eigenvalue weighted by atomic mass is 19.1. The van der Waals surface area contributed by atoms with Crippen LogP contribution in [-0.4, -0.2) is 13.0 Å². The van der Waals surface area contributed by atoms with Crippen LogP contribution in [0, 0.1) is 5.82 Å². The normalized spacial score (nSPS) is 17.7. The molecule has 19 heavy (non-hydrogen) atoms. The van der Waals surface area contributed by atoms with Gasteiger partial charge >= 0.3 is 0 Å². The molecule has 0 spiro atoms. The number of carbonyl (C=O) groups is 1. The van der Waals surface area contributed by atoms with Crippen molar-refractivity contribution in [3.63, 3.8) is 0 Å². The maximum atomic E-state index is 13.5. The van der Waals surface area contributed by atoms with Gasteiger partial charge in [-0.05, 0) is 29.3 Å². The number of carbonyl (C=O) groups excluding carboxylic acids is 1. The molecule has 0 saturated carbocycles. The lowest BCUT2D eigenvalue weighted by atomic mass is 9.96. The molecular weight excluding hydrogens is 243 g/mol. The molecule has 0 fully saturated rings. The lowest BCUT2D eigenvalue weighted by Gasteiger charge is -2.19. The Morgan fingerprint density at radius 3 is 2.68 bits per heavy atom. The minimum Gasteiger partial charge on any atom is -0.316 e. The number of fused-ring (bicyclic) bond motifs is 3. The second-order valence-electron chi connectivity index (χ2n) is 4.62. The molecule has 1 heterocycles.